The quantitative estimate of drug-likeness (QED) is 0.117. The van der Waals surface area contributed by atoms with Crippen molar-refractivity contribution >= 4 is 24.3 Å². The average molecular weight is 928 g/mol. The molecule has 2 aromatic heterocycles. The summed E-state index contributed by atoms with van der Waals surface area (Å²) in [6.07, 6.45) is 4.73. The number of hydrogen-bond acceptors (Lipinski definition) is 7. The van der Waals surface area contributed by atoms with Gasteiger partial charge in [-0.2, -0.15) is 10.5 Å². The Kier molecular flexibility index (Phi) is 14.6. The number of carbonyl (C=O) groups excluding carboxylic acids is 1. The number of imidazole rings is 2. The van der Waals surface area contributed by atoms with E-state index in [1.54, 1.807) is 59.5 Å². The van der Waals surface area contributed by atoms with Crippen LogP contribution in [0.25, 0.3) is 22.5 Å². The highest BCUT2D eigenvalue weighted by Gasteiger charge is 2.47. The monoisotopic (exact) mass is 926 g/mol. The highest BCUT2D eigenvalue weighted by Crippen LogP contribution is 2.42. The molecule has 0 spiro atoms. The topological polar surface area (TPSA) is 175 Å². The van der Waals surface area contributed by atoms with Crippen LogP contribution in [0.4, 0.5) is 8.78 Å². The minimum atomic E-state index is -1.58. The number of halogens is 3. The predicted molar refractivity (Wildman–Crippen MR) is 258 cm³/mol. The highest BCUT2D eigenvalue weighted by molar-refractivity contribution is 5.98. The number of carboxylic acids is 1. The molecule has 2 aliphatic carbocycles. The minimum Gasteiger partial charge on any atom is -0.478 e. The van der Waals surface area contributed by atoms with Gasteiger partial charge in [-0.25, -0.2) is 23.5 Å². The SMILES string of the molecule is C.Cc1cc(C)c(-c2nc(C3CC3)[nH]c2C)cc1C(=O)N1CC(F)(c2ccc(C#N)cc2)C1.Cc1cc(C)c(-c2nc(C3CC3)[nH]c2C)cc1C(=O)O.Cl.N#Cc1ccc(C2(F)CNC2)cc1. The van der Waals surface area contributed by atoms with Crippen LogP contribution in [-0.2, 0) is 11.3 Å². The first kappa shape index (κ1) is 49.8. The number of likely N-dealkylation sites (tertiary alicyclic amines) is 1. The second-order valence-corrected chi connectivity index (χ2v) is 18.1. The molecular formula is C53H57ClF2N8O3. The molecular weight excluding hydrogens is 870 g/mol. The summed E-state index contributed by atoms with van der Waals surface area (Å²) in [6.45, 7) is 12.5. The Labute approximate surface area is 397 Å². The lowest BCUT2D eigenvalue weighted by molar-refractivity contribution is -0.0231. The summed E-state index contributed by atoms with van der Waals surface area (Å²) in [5.74, 6) is 2.09. The van der Waals surface area contributed by atoms with E-state index in [0.717, 1.165) is 67.8 Å². The van der Waals surface area contributed by atoms with Crippen LogP contribution in [0, 0.1) is 64.2 Å². The first-order chi connectivity index (χ1) is 31.0. The molecule has 0 radical (unpaired) electrons. The zero-order valence-electron chi connectivity index (χ0n) is 37.9. The molecule has 11 nitrogen and oxygen atoms in total. The Morgan fingerprint density at radius 1 is 0.657 bits per heavy atom. The van der Waals surface area contributed by atoms with Crippen molar-refractivity contribution in [2.24, 2.45) is 0 Å². The van der Waals surface area contributed by atoms with Gasteiger partial charge in [-0.1, -0.05) is 43.8 Å². The molecule has 4 fully saturated rings. The fraction of sp³-hybridized carbons (Fsp3) is 0.358. The molecule has 2 saturated carbocycles. The summed E-state index contributed by atoms with van der Waals surface area (Å²) >= 11 is 0. The third-order valence-corrected chi connectivity index (χ3v) is 12.9. The van der Waals surface area contributed by atoms with Crippen LogP contribution in [0.2, 0.25) is 0 Å². The lowest BCUT2D eigenvalue weighted by atomic mass is 9.86. The minimum absolute atomic E-state index is 0. The number of carboxylic acid groups (broad SMARTS) is 1. The van der Waals surface area contributed by atoms with Crippen LogP contribution in [0.5, 0.6) is 0 Å². The van der Waals surface area contributed by atoms with Crippen molar-refractivity contribution in [1.82, 2.24) is 30.2 Å². The molecule has 4 aromatic carbocycles. The third kappa shape index (κ3) is 10.3. The first-order valence-corrected chi connectivity index (χ1v) is 22.0. The molecule has 348 valence electrons. The number of aromatic nitrogens is 4. The normalized spacial score (nSPS) is 16.1. The molecule has 4 aliphatic rings. The fourth-order valence-corrected chi connectivity index (χ4v) is 8.56. The molecule has 67 heavy (non-hydrogen) atoms. The zero-order chi connectivity index (χ0) is 46.4. The van der Waals surface area contributed by atoms with Gasteiger partial charge in [-0.3, -0.25) is 4.79 Å². The smallest absolute Gasteiger partial charge is 0.335 e. The van der Waals surface area contributed by atoms with Crippen molar-refractivity contribution in [2.75, 3.05) is 26.2 Å². The molecule has 0 bridgehead atoms. The van der Waals surface area contributed by atoms with Crippen molar-refractivity contribution in [3.8, 4) is 34.7 Å². The van der Waals surface area contributed by atoms with E-state index < -0.39 is 17.3 Å². The van der Waals surface area contributed by atoms with Crippen molar-refractivity contribution in [2.45, 2.75) is 97.8 Å². The maximum absolute atomic E-state index is 15.4. The van der Waals surface area contributed by atoms with E-state index in [0.29, 0.717) is 58.3 Å². The number of hydrogen-bond donors (Lipinski definition) is 4. The maximum atomic E-state index is 15.4. The number of aryl methyl sites for hydroxylation is 6. The molecule has 2 aliphatic heterocycles. The van der Waals surface area contributed by atoms with Crippen LogP contribution in [0.15, 0.2) is 72.8 Å². The number of carbonyl (C=O) groups is 2. The van der Waals surface area contributed by atoms with Crippen LogP contribution in [0.1, 0.15) is 133 Å². The van der Waals surface area contributed by atoms with Crippen molar-refractivity contribution in [1.29, 1.82) is 10.5 Å². The van der Waals surface area contributed by atoms with E-state index in [4.69, 9.17) is 15.5 Å². The van der Waals surface area contributed by atoms with Crippen LogP contribution in [0.3, 0.4) is 0 Å². The lowest BCUT2D eigenvalue weighted by Crippen LogP contribution is -2.58. The number of aromatic amines is 2. The van der Waals surface area contributed by atoms with Gasteiger partial charge < -0.3 is 25.3 Å². The third-order valence-electron chi connectivity index (χ3n) is 12.9. The molecule has 4 N–H and O–H groups in total. The van der Waals surface area contributed by atoms with Crippen molar-refractivity contribution in [3.05, 3.63) is 151 Å². The summed E-state index contributed by atoms with van der Waals surface area (Å²) in [5, 5.41) is 29.6. The van der Waals surface area contributed by atoms with Gasteiger partial charge >= 0.3 is 5.97 Å². The van der Waals surface area contributed by atoms with E-state index in [-0.39, 0.29) is 38.8 Å². The van der Waals surface area contributed by atoms with E-state index in [2.05, 4.69) is 20.3 Å². The number of nitrogens with one attached hydrogen (secondary N) is 3. The number of benzene rings is 4. The molecule has 14 heteroatoms. The van der Waals surface area contributed by atoms with Gasteiger partial charge in [0.05, 0.1) is 53.3 Å². The van der Waals surface area contributed by atoms with Gasteiger partial charge in [0.2, 0.25) is 0 Å². The number of nitriles is 2. The Morgan fingerprint density at radius 3 is 1.43 bits per heavy atom. The molecule has 2 saturated heterocycles. The van der Waals surface area contributed by atoms with Gasteiger partial charge in [0.1, 0.15) is 11.6 Å². The summed E-state index contributed by atoms with van der Waals surface area (Å²) in [4.78, 5) is 42.4. The van der Waals surface area contributed by atoms with Crippen LogP contribution < -0.4 is 5.32 Å². The maximum Gasteiger partial charge on any atom is 0.335 e. The largest absolute Gasteiger partial charge is 0.478 e. The number of rotatable bonds is 8. The number of alkyl halides is 2. The summed E-state index contributed by atoms with van der Waals surface area (Å²) in [6, 6.07) is 24.8. The lowest BCUT2D eigenvalue weighted by Gasteiger charge is -2.45. The molecule has 0 atom stereocenters. The molecule has 6 aromatic rings. The van der Waals surface area contributed by atoms with E-state index in [1.807, 2.05) is 71.9 Å². The van der Waals surface area contributed by atoms with E-state index in [9.17, 15) is 19.1 Å². The Balaban J connectivity index is 0.000000181. The van der Waals surface area contributed by atoms with Gasteiger partial charge in [0.15, 0.2) is 11.3 Å². The number of aromatic carboxylic acids is 1. The Bertz CT molecular complexity index is 2890. The zero-order valence-corrected chi connectivity index (χ0v) is 38.7. The number of amides is 1. The summed E-state index contributed by atoms with van der Waals surface area (Å²) in [5.41, 5.74) is 9.79. The fourth-order valence-electron chi connectivity index (χ4n) is 8.56. The van der Waals surface area contributed by atoms with Gasteiger partial charge in [0, 0.05) is 53.0 Å². The van der Waals surface area contributed by atoms with Crippen LogP contribution >= 0.6 is 12.4 Å². The first-order valence-electron chi connectivity index (χ1n) is 22.0. The molecule has 4 heterocycles. The average Bonchev–Trinajstić information content (AvgIpc) is 4.22. The summed E-state index contributed by atoms with van der Waals surface area (Å²) in [7, 11) is 0. The molecule has 0 unspecified atom stereocenters. The van der Waals surface area contributed by atoms with Crippen LogP contribution in [-0.4, -0.2) is 68.0 Å². The van der Waals surface area contributed by atoms with E-state index >= 15 is 4.39 Å². The Hall–Kier alpha value is -6.67. The highest BCUT2D eigenvalue weighted by atomic mass is 35.5. The van der Waals surface area contributed by atoms with Gasteiger partial charge in [-0.05, 0) is 137 Å². The second kappa shape index (κ2) is 19.7. The Morgan fingerprint density at radius 2 is 1.06 bits per heavy atom. The number of nitrogens with zero attached hydrogens (tertiary/aromatic N) is 5. The molecule has 10 rings (SSSR count). The van der Waals surface area contributed by atoms with Crippen molar-refractivity contribution in [3.63, 3.8) is 0 Å². The van der Waals surface area contributed by atoms with Gasteiger partial charge in [-0.15, -0.1) is 12.4 Å². The molecule has 1 amide bonds. The second-order valence-electron chi connectivity index (χ2n) is 18.1. The standard InChI is InChI=1S/C26H25FN4O.C16H18N2O2.C10H9FN2.CH4.ClH/c1-15-10-16(2)22(11-21(15)23-17(3)29-24(30-23)19-6-7-19)25(32)31-13-26(27,14-31)20-8-4-18(12-28)5-9-20;1-8-6-9(2)13(16(19)20)7-12(8)14-10(3)17-15(18-14)11-4-5-11;11-10(6-13-7-10)9-3-1-8(5-12)2-4-9;;/h4-5,8-11,19H,6-7,13-14H2,1-3H3,(H,29,30);6-7,11H,4-5H2,1-3H3,(H,17,18)(H,19,20);1-4,13H,6-7H2;1H4;1H. The number of H-pyrrole nitrogens is 2. The summed E-state index contributed by atoms with van der Waals surface area (Å²) < 4.78 is 29.1. The van der Waals surface area contributed by atoms with E-state index in [1.165, 1.54) is 25.7 Å². The van der Waals surface area contributed by atoms with Gasteiger partial charge in [0.25, 0.3) is 5.91 Å². The predicted octanol–water partition coefficient (Wildman–Crippen LogP) is 11.0. The van der Waals surface area contributed by atoms with Crippen molar-refractivity contribution < 1.29 is 23.5 Å².